The maximum atomic E-state index is 9.84. The highest BCUT2D eigenvalue weighted by Gasteiger charge is 2.11. The minimum atomic E-state index is 0.196. The van der Waals surface area contributed by atoms with Gasteiger partial charge in [0.1, 0.15) is 17.3 Å². The molecule has 0 fully saturated rings. The molecule has 0 aliphatic rings. The zero-order valence-electron chi connectivity index (χ0n) is 10.2. The third kappa shape index (κ3) is 2.25. The monoisotopic (exact) mass is 232 g/mol. The van der Waals surface area contributed by atoms with E-state index in [9.17, 15) is 5.11 Å². The number of benzene rings is 1. The van der Waals surface area contributed by atoms with Crippen molar-refractivity contribution in [1.29, 1.82) is 0 Å². The van der Waals surface area contributed by atoms with Crippen molar-refractivity contribution in [1.82, 2.24) is 9.97 Å². The summed E-state index contributed by atoms with van der Waals surface area (Å²) in [6, 6.07) is 5.15. The fourth-order valence-electron chi connectivity index (χ4n) is 1.64. The summed E-state index contributed by atoms with van der Waals surface area (Å²) in [7, 11) is 0. The Labute approximate surface area is 100 Å². The first-order valence-electron chi connectivity index (χ1n) is 5.61. The quantitative estimate of drug-likeness (QED) is 0.855. The average Bonchev–Trinajstić information content (AvgIpc) is 2.62. The van der Waals surface area contributed by atoms with Gasteiger partial charge in [-0.25, -0.2) is 4.98 Å². The van der Waals surface area contributed by atoms with Crippen LogP contribution in [0.3, 0.4) is 0 Å². The largest absolute Gasteiger partial charge is 0.507 e. The van der Waals surface area contributed by atoms with Gasteiger partial charge >= 0.3 is 0 Å². The Balaban J connectivity index is 2.46. The van der Waals surface area contributed by atoms with Crippen molar-refractivity contribution < 1.29 is 9.84 Å². The molecule has 2 rings (SSSR count). The molecule has 4 nitrogen and oxygen atoms in total. The molecule has 0 radical (unpaired) electrons. The van der Waals surface area contributed by atoms with E-state index in [-0.39, 0.29) is 5.75 Å². The van der Waals surface area contributed by atoms with E-state index < -0.39 is 0 Å². The highest BCUT2D eigenvalue weighted by atomic mass is 16.5. The first kappa shape index (κ1) is 11.5. The molecular formula is C13H16N2O2. The summed E-state index contributed by atoms with van der Waals surface area (Å²) in [5, 5.41) is 9.84. The number of rotatable bonds is 3. The van der Waals surface area contributed by atoms with E-state index >= 15 is 0 Å². The van der Waals surface area contributed by atoms with Crippen molar-refractivity contribution in [3.05, 3.63) is 29.6 Å². The van der Waals surface area contributed by atoms with Gasteiger partial charge in [-0.1, -0.05) is 0 Å². The van der Waals surface area contributed by atoms with Gasteiger partial charge in [-0.15, -0.1) is 0 Å². The molecule has 90 valence electrons. The first-order chi connectivity index (χ1) is 8.11. The summed E-state index contributed by atoms with van der Waals surface area (Å²) in [6.07, 6.45) is 0. The Hall–Kier alpha value is -1.97. The van der Waals surface area contributed by atoms with Crippen LogP contribution >= 0.6 is 0 Å². The van der Waals surface area contributed by atoms with Crippen LogP contribution in [0.4, 0.5) is 0 Å². The van der Waals surface area contributed by atoms with Crippen LogP contribution in [0, 0.1) is 13.8 Å². The SMILES string of the molecule is CCOc1ccc(O)c(-c2nc(C)c(C)[nH]2)c1. The fraction of sp³-hybridized carbons (Fsp3) is 0.308. The minimum absolute atomic E-state index is 0.196. The third-order valence-electron chi connectivity index (χ3n) is 2.66. The second kappa shape index (κ2) is 4.49. The topological polar surface area (TPSA) is 58.1 Å². The van der Waals surface area contributed by atoms with E-state index in [0.29, 0.717) is 18.0 Å². The van der Waals surface area contributed by atoms with Crippen LogP contribution in [0.5, 0.6) is 11.5 Å². The number of aryl methyl sites for hydroxylation is 2. The van der Waals surface area contributed by atoms with Crippen LogP contribution in [0.1, 0.15) is 18.3 Å². The Kier molecular flexibility index (Phi) is 3.04. The Morgan fingerprint density at radius 2 is 2.12 bits per heavy atom. The molecule has 0 aliphatic carbocycles. The molecule has 1 heterocycles. The molecule has 0 unspecified atom stereocenters. The van der Waals surface area contributed by atoms with Gasteiger partial charge in [0.15, 0.2) is 0 Å². The number of nitrogens with zero attached hydrogens (tertiary/aromatic N) is 1. The number of aromatic hydroxyl groups is 1. The van der Waals surface area contributed by atoms with Gasteiger partial charge < -0.3 is 14.8 Å². The summed E-state index contributed by atoms with van der Waals surface area (Å²) < 4.78 is 5.41. The molecular weight excluding hydrogens is 216 g/mol. The third-order valence-corrected chi connectivity index (χ3v) is 2.66. The molecule has 1 aromatic carbocycles. The second-order valence-corrected chi connectivity index (χ2v) is 3.91. The van der Waals surface area contributed by atoms with Crippen molar-refractivity contribution in [2.45, 2.75) is 20.8 Å². The second-order valence-electron chi connectivity index (χ2n) is 3.91. The van der Waals surface area contributed by atoms with Crippen molar-refractivity contribution in [2.24, 2.45) is 0 Å². The van der Waals surface area contributed by atoms with Gasteiger partial charge in [-0.3, -0.25) is 0 Å². The van der Waals surface area contributed by atoms with Crippen LogP contribution in [0.15, 0.2) is 18.2 Å². The normalized spacial score (nSPS) is 10.5. The number of ether oxygens (including phenoxy) is 1. The maximum Gasteiger partial charge on any atom is 0.141 e. The van der Waals surface area contributed by atoms with Crippen molar-refractivity contribution in [3.63, 3.8) is 0 Å². The predicted molar refractivity (Wildman–Crippen MR) is 66.3 cm³/mol. The summed E-state index contributed by atoms with van der Waals surface area (Å²) in [6.45, 7) is 6.40. The van der Waals surface area contributed by atoms with E-state index in [4.69, 9.17) is 4.74 Å². The summed E-state index contributed by atoms with van der Waals surface area (Å²) in [5.74, 6) is 1.59. The van der Waals surface area contributed by atoms with Gasteiger partial charge in [0.25, 0.3) is 0 Å². The van der Waals surface area contributed by atoms with Crippen molar-refractivity contribution in [2.75, 3.05) is 6.61 Å². The van der Waals surface area contributed by atoms with Crippen LogP contribution in [-0.4, -0.2) is 21.7 Å². The summed E-state index contributed by atoms with van der Waals surface area (Å²) in [5.41, 5.74) is 2.59. The minimum Gasteiger partial charge on any atom is -0.507 e. The number of phenols is 1. The lowest BCUT2D eigenvalue weighted by Gasteiger charge is -2.06. The zero-order chi connectivity index (χ0) is 12.4. The van der Waals surface area contributed by atoms with Crippen LogP contribution in [-0.2, 0) is 0 Å². The van der Waals surface area contributed by atoms with Crippen molar-refractivity contribution >= 4 is 0 Å². The Bertz CT molecular complexity index is 513. The molecule has 2 N–H and O–H groups in total. The molecule has 17 heavy (non-hydrogen) atoms. The number of aromatic amines is 1. The molecule has 0 amide bonds. The number of phenolic OH excluding ortho intramolecular Hbond substituents is 1. The highest BCUT2D eigenvalue weighted by molar-refractivity contribution is 5.66. The number of imidazole rings is 1. The van der Waals surface area contributed by atoms with E-state index in [1.807, 2.05) is 20.8 Å². The van der Waals surface area contributed by atoms with E-state index in [2.05, 4.69) is 9.97 Å². The molecule has 1 aromatic heterocycles. The molecule has 4 heteroatoms. The maximum absolute atomic E-state index is 9.84. The van der Waals surface area contributed by atoms with Crippen LogP contribution in [0.2, 0.25) is 0 Å². The van der Waals surface area contributed by atoms with Crippen LogP contribution in [0.25, 0.3) is 11.4 Å². The number of aromatic nitrogens is 2. The molecule has 0 saturated heterocycles. The smallest absolute Gasteiger partial charge is 0.141 e. The lowest BCUT2D eigenvalue weighted by Crippen LogP contribution is -1.92. The van der Waals surface area contributed by atoms with Gasteiger partial charge in [-0.05, 0) is 39.0 Å². The predicted octanol–water partition coefficient (Wildman–Crippen LogP) is 2.80. The summed E-state index contributed by atoms with van der Waals surface area (Å²) in [4.78, 5) is 7.52. The summed E-state index contributed by atoms with van der Waals surface area (Å²) >= 11 is 0. The van der Waals surface area contributed by atoms with E-state index in [1.165, 1.54) is 0 Å². The molecule has 0 bridgehead atoms. The zero-order valence-corrected chi connectivity index (χ0v) is 10.2. The van der Waals surface area contributed by atoms with E-state index in [0.717, 1.165) is 17.1 Å². The number of hydrogen-bond acceptors (Lipinski definition) is 3. The average molecular weight is 232 g/mol. The first-order valence-corrected chi connectivity index (χ1v) is 5.61. The number of nitrogens with one attached hydrogen (secondary N) is 1. The number of hydrogen-bond donors (Lipinski definition) is 2. The molecule has 2 aromatic rings. The standard InChI is InChI=1S/C13H16N2O2/c1-4-17-10-5-6-12(16)11(7-10)13-14-8(2)9(3)15-13/h5-7,16H,4H2,1-3H3,(H,14,15). The lowest BCUT2D eigenvalue weighted by atomic mass is 10.2. The fourth-order valence-corrected chi connectivity index (χ4v) is 1.64. The molecule has 0 atom stereocenters. The lowest BCUT2D eigenvalue weighted by molar-refractivity contribution is 0.339. The number of H-pyrrole nitrogens is 1. The molecule has 0 saturated carbocycles. The Morgan fingerprint density at radius 3 is 2.71 bits per heavy atom. The van der Waals surface area contributed by atoms with Gasteiger partial charge in [0.05, 0.1) is 17.9 Å². The highest BCUT2D eigenvalue weighted by Crippen LogP contribution is 2.31. The van der Waals surface area contributed by atoms with Crippen molar-refractivity contribution in [3.8, 4) is 22.9 Å². The van der Waals surface area contributed by atoms with E-state index in [1.54, 1.807) is 18.2 Å². The van der Waals surface area contributed by atoms with Gasteiger partial charge in [-0.2, -0.15) is 0 Å². The van der Waals surface area contributed by atoms with Gasteiger partial charge in [0.2, 0.25) is 0 Å². The van der Waals surface area contributed by atoms with Gasteiger partial charge in [0, 0.05) is 5.69 Å². The van der Waals surface area contributed by atoms with Crippen LogP contribution < -0.4 is 4.74 Å². The molecule has 0 aliphatic heterocycles. The molecule has 0 spiro atoms. The Morgan fingerprint density at radius 1 is 1.35 bits per heavy atom.